The van der Waals surface area contributed by atoms with E-state index in [1.807, 2.05) is 13.8 Å². The number of carbonyl (C=O) groups excluding carboxylic acids is 2. The monoisotopic (exact) mass is 284 g/mol. The molecule has 1 rings (SSSR count). The van der Waals surface area contributed by atoms with Crippen molar-refractivity contribution in [2.75, 3.05) is 13.1 Å². The largest absolute Gasteiger partial charge is 0.481 e. The molecule has 20 heavy (non-hydrogen) atoms. The number of carbonyl (C=O) groups is 3. The van der Waals surface area contributed by atoms with Gasteiger partial charge in [-0.1, -0.05) is 0 Å². The lowest BCUT2D eigenvalue weighted by molar-refractivity contribution is -0.139. The highest BCUT2D eigenvalue weighted by Gasteiger charge is 2.30. The van der Waals surface area contributed by atoms with Crippen LogP contribution in [-0.4, -0.2) is 46.4 Å². The fourth-order valence-corrected chi connectivity index (χ4v) is 2.39. The number of piperidine rings is 1. The number of nitrogens with one attached hydrogen (secondary N) is 1. The molecule has 1 fully saturated rings. The summed E-state index contributed by atoms with van der Waals surface area (Å²) in [5, 5.41) is 11.6. The molecule has 2 N–H and O–H groups in total. The van der Waals surface area contributed by atoms with Crippen molar-refractivity contribution in [3.05, 3.63) is 0 Å². The third-order valence-electron chi connectivity index (χ3n) is 3.66. The number of rotatable bonds is 5. The molecule has 0 aromatic carbocycles. The fraction of sp³-hybridized carbons (Fsp3) is 0.786. The van der Waals surface area contributed by atoms with Crippen molar-refractivity contribution in [1.29, 1.82) is 0 Å². The van der Waals surface area contributed by atoms with Gasteiger partial charge >= 0.3 is 5.97 Å². The molecule has 0 radical (unpaired) electrons. The van der Waals surface area contributed by atoms with Gasteiger partial charge in [0.05, 0.1) is 5.92 Å². The maximum absolute atomic E-state index is 12.2. The van der Waals surface area contributed by atoms with Crippen LogP contribution in [0.5, 0.6) is 0 Å². The molecular weight excluding hydrogens is 260 g/mol. The van der Waals surface area contributed by atoms with E-state index in [9.17, 15) is 14.4 Å². The first-order valence-electron chi connectivity index (χ1n) is 7.00. The van der Waals surface area contributed by atoms with Gasteiger partial charge in [0.15, 0.2) is 0 Å². The summed E-state index contributed by atoms with van der Waals surface area (Å²) in [6.07, 6.45) is 2.01. The van der Waals surface area contributed by atoms with Crippen LogP contribution in [0.4, 0.5) is 0 Å². The van der Waals surface area contributed by atoms with E-state index >= 15 is 0 Å². The molecule has 1 aliphatic heterocycles. The predicted octanol–water partition coefficient (Wildman–Crippen LogP) is 1.00. The van der Waals surface area contributed by atoms with Gasteiger partial charge in [0.2, 0.25) is 11.8 Å². The summed E-state index contributed by atoms with van der Waals surface area (Å²) < 4.78 is 0. The number of nitrogens with zero attached hydrogens (tertiary/aromatic N) is 1. The minimum absolute atomic E-state index is 0.00682. The lowest BCUT2D eigenvalue weighted by atomic mass is 9.93. The Morgan fingerprint density at radius 1 is 1.35 bits per heavy atom. The first-order chi connectivity index (χ1) is 9.21. The van der Waals surface area contributed by atoms with E-state index in [-0.39, 0.29) is 24.2 Å². The van der Waals surface area contributed by atoms with Gasteiger partial charge in [-0.3, -0.25) is 14.4 Å². The van der Waals surface area contributed by atoms with E-state index in [0.29, 0.717) is 19.5 Å². The smallest absolute Gasteiger partial charge is 0.303 e. The van der Waals surface area contributed by atoms with Crippen molar-refractivity contribution in [2.45, 2.75) is 52.0 Å². The first kappa shape index (κ1) is 16.5. The molecule has 114 valence electrons. The Labute approximate surface area is 119 Å². The molecule has 2 amide bonds. The molecule has 0 bridgehead atoms. The van der Waals surface area contributed by atoms with E-state index in [0.717, 1.165) is 12.8 Å². The summed E-state index contributed by atoms with van der Waals surface area (Å²) >= 11 is 0. The maximum atomic E-state index is 12.2. The molecule has 0 aliphatic carbocycles. The molecule has 1 saturated heterocycles. The van der Waals surface area contributed by atoms with Crippen molar-refractivity contribution in [3.63, 3.8) is 0 Å². The first-order valence-corrected chi connectivity index (χ1v) is 7.00. The third kappa shape index (κ3) is 5.19. The summed E-state index contributed by atoms with van der Waals surface area (Å²) in [6.45, 7) is 6.31. The second-order valence-corrected chi connectivity index (χ2v) is 6.07. The molecule has 6 heteroatoms. The Bertz CT molecular complexity index is 393. The van der Waals surface area contributed by atoms with Gasteiger partial charge in [-0.25, -0.2) is 0 Å². The molecule has 0 saturated carbocycles. The average Bonchev–Trinajstić information content (AvgIpc) is 2.36. The van der Waals surface area contributed by atoms with E-state index in [4.69, 9.17) is 5.11 Å². The number of carboxylic acid groups (broad SMARTS) is 1. The van der Waals surface area contributed by atoms with E-state index in [1.54, 1.807) is 4.90 Å². The van der Waals surface area contributed by atoms with Gasteiger partial charge in [-0.2, -0.15) is 0 Å². The van der Waals surface area contributed by atoms with Crippen molar-refractivity contribution in [3.8, 4) is 0 Å². The molecule has 0 spiro atoms. The molecule has 1 heterocycles. The average molecular weight is 284 g/mol. The van der Waals surface area contributed by atoms with E-state index in [1.165, 1.54) is 6.92 Å². The van der Waals surface area contributed by atoms with E-state index in [2.05, 4.69) is 5.32 Å². The van der Waals surface area contributed by atoms with Crippen molar-refractivity contribution in [1.82, 2.24) is 10.2 Å². The molecule has 6 nitrogen and oxygen atoms in total. The van der Waals surface area contributed by atoms with Crippen molar-refractivity contribution < 1.29 is 19.5 Å². The summed E-state index contributed by atoms with van der Waals surface area (Å²) in [6, 6.07) is 0. The third-order valence-corrected chi connectivity index (χ3v) is 3.66. The Kier molecular flexibility index (Phi) is 5.53. The lowest BCUT2D eigenvalue weighted by Crippen LogP contribution is -2.50. The summed E-state index contributed by atoms with van der Waals surface area (Å²) in [4.78, 5) is 35.9. The highest BCUT2D eigenvalue weighted by atomic mass is 16.4. The standard InChI is InChI=1S/C14H24N2O4/c1-10(17)16-8-4-5-11(9-16)13(20)15-14(2,3)7-6-12(18)19/h11H,4-9H2,1-3H3,(H,15,20)(H,18,19). The minimum Gasteiger partial charge on any atom is -0.481 e. The highest BCUT2D eigenvalue weighted by Crippen LogP contribution is 2.19. The highest BCUT2D eigenvalue weighted by molar-refractivity contribution is 5.81. The molecule has 1 unspecified atom stereocenters. The predicted molar refractivity (Wildman–Crippen MR) is 74.1 cm³/mol. The van der Waals surface area contributed by atoms with Gasteiger partial charge in [0, 0.05) is 32.0 Å². The zero-order valence-electron chi connectivity index (χ0n) is 12.4. The number of hydrogen-bond acceptors (Lipinski definition) is 3. The Morgan fingerprint density at radius 3 is 2.55 bits per heavy atom. The van der Waals surface area contributed by atoms with Gasteiger partial charge in [-0.05, 0) is 33.1 Å². The second-order valence-electron chi connectivity index (χ2n) is 6.07. The SMILES string of the molecule is CC(=O)N1CCCC(C(=O)NC(C)(C)CCC(=O)O)C1. The van der Waals surface area contributed by atoms with Crippen LogP contribution in [0.3, 0.4) is 0 Å². The number of hydrogen-bond donors (Lipinski definition) is 2. The zero-order valence-corrected chi connectivity index (χ0v) is 12.4. The van der Waals surface area contributed by atoms with Crippen LogP contribution in [0.1, 0.15) is 46.5 Å². The normalized spacial score (nSPS) is 19.6. The summed E-state index contributed by atoms with van der Waals surface area (Å²) in [5.74, 6) is -1.16. The van der Waals surface area contributed by atoms with Crippen LogP contribution in [0.15, 0.2) is 0 Å². The minimum atomic E-state index is -0.868. The zero-order chi connectivity index (χ0) is 15.3. The molecule has 0 aromatic heterocycles. The lowest BCUT2D eigenvalue weighted by Gasteiger charge is -2.34. The number of carboxylic acids is 1. The molecule has 1 atom stereocenters. The Morgan fingerprint density at radius 2 is 2.00 bits per heavy atom. The number of aliphatic carboxylic acids is 1. The molecular formula is C14H24N2O4. The van der Waals surface area contributed by atoms with Crippen LogP contribution in [0.25, 0.3) is 0 Å². The van der Waals surface area contributed by atoms with Crippen molar-refractivity contribution >= 4 is 17.8 Å². The van der Waals surface area contributed by atoms with Crippen molar-refractivity contribution in [2.24, 2.45) is 5.92 Å². The van der Waals surface area contributed by atoms with Gasteiger partial charge < -0.3 is 15.3 Å². The van der Waals surface area contributed by atoms with Gasteiger partial charge in [0.1, 0.15) is 0 Å². The van der Waals surface area contributed by atoms with Gasteiger partial charge in [0.25, 0.3) is 0 Å². The fourth-order valence-electron chi connectivity index (χ4n) is 2.39. The Balaban J connectivity index is 2.52. The van der Waals surface area contributed by atoms with Crippen LogP contribution in [-0.2, 0) is 14.4 Å². The van der Waals surface area contributed by atoms with Crippen LogP contribution < -0.4 is 5.32 Å². The van der Waals surface area contributed by atoms with Crippen LogP contribution in [0.2, 0.25) is 0 Å². The topological polar surface area (TPSA) is 86.7 Å². The van der Waals surface area contributed by atoms with Crippen LogP contribution >= 0.6 is 0 Å². The van der Waals surface area contributed by atoms with Crippen LogP contribution in [0, 0.1) is 5.92 Å². The summed E-state index contributed by atoms with van der Waals surface area (Å²) in [5.41, 5.74) is -0.548. The number of likely N-dealkylation sites (tertiary alicyclic amines) is 1. The number of amides is 2. The van der Waals surface area contributed by atoms with Gasteiger partial charge in [-0.15, -0.1) is 0 Å². The molecule has 0 aromatic rings. The second kappa shape index (κ2) is 6.72. The molecule has 1 aliphatic rings. The quantitative estimate of drug-likeness (QED) is 0.788. The summed E-state index contributed by atoms with van der Waals surface area (Å²) in [7, 11) is 0. The maximum Gasteiger partial charge on any atom is 0.303 e. The van der Waals surface area contributed by atoms with E-state index < -0.39 is 11.5 Å². The Hall–Kier alpha value is -1.59.